The van der Waals surface area contributed by atoms with Crippen LogP contribution in [0.25, 0.3) is 22.3 Å². The minimum atomic E-state index is -0.202. The van der Waals surface area contributed by atoms with Gasteiger partial charge in [-0.05, 0) is 65.4 Å². The van der Waals surface area contributed by atoms with Gasteiger partial charge >= 0.3 is 0 Å². The Hall–Kier alpha value is -3.00. The van der Waals surface area contributed by atoms with Crippen molar-refractivity contribution in [2.45, 2.75) is 6.92 Å². The average molecular weight is 495 g/mol. The number of nitrogens with zero attached hydrogens (tertiary/aromatic N) is 3. The van der Waals surface area contributed by atoms with Crippen molar-refractivity contribution in [1.29, 1.82) is 0 Å². The van der Waals surface area contributed by atoms with E-state index >= 15 is 0 Å². The second kappa shape index (κ2) is 8.57. The van der Waals surface area contributed by atoms with Gasteiger partial charge in [0.05, 0.1) is 27.3 Å². The van der Waals surface area contributed by atoms with Gasteiger partial charge in [-0.25, -0.2) is 4.98 Å². The first-order valence-corrected chi connectivity index (χ1v) is 10.3. The maximum Gasteiger partial charge on any atom is 0.282 e. The fourth-order valence-electron chi connectivity index (χ4n) is 3.00. The van der Waals surface area contributed by atoms with E-state index in [1.165, 1.54) is 4.68 Å². The van der Waals surface area contributed by atoms with E-state index in [1.54, 1.807) is 12.3 Å². The largest absolute Gasteiger partial charge is 0.493 e. The number of fused-ring (bicyclic) bond motifs is 1. The molecule has 0 N–H and O–H groups in total. The number of hydrogen-bond acceptors (Lipinski definition) is 4. The number of aromatic nitrogens is 2. The molecule has 0 unspecified atom stereocenters. The van der Waals surface area contributed by atoms with Gasteiger partial charge in [0.1, 0.15) is 5.75 Å². The summed E-state index contributed by atoms with van der Waals surface area (Å²) in [6.45, 7) is 2.57. The molecule has 0 spiro atoms. The first-order valence-electron chi connectivity index (χ1n) is 9.21. The highest BCUT2D eigenvalue weighted by Crippen LogP contribution is 2.22. The molecule has 4 rings (SSSR count). The number of ether oxygens (including phenoxy) is 1. The Morgan fingerprint density at radius 3 is 2.59 bits per heavy atom. The summed E-state index contributed by atoms with van der Waals surface area (Å²) >= 11 is 2.23. The third kappa shape index (κ3) is 4.07. The van der Waals surface area contributed by atoms with Crippen LogP contribution in [-0.4, -0.2) is 22.5 Å². The highest BCUT2D eigenvalue weighted by atomic mass is 127. The smallest absolute Gasteiger partial charge is 0.282 e. The molecule has 29 heavy (non-hydrogen) atoms. The highest BCUT2D eigenvalue weighted by molar-refractivity contribution is 14.1. The van der Waals surface area contributed by atoms with Crippen LogP contribution in [0.4, 0.5) is 0 Å². The lowest BCUT2D eigenvalue weighted by molar-refractivity contribution is 0.338. The quantitative estimate of drug-likeness (QED) is 0.291. The van der Waals surface area contributed by atoms with Gasteiger partial charge in [-0.3, -0.25) is 4.79 Å². The minimum Gasteiger partial charge on any atom is -0.493 e. The second-order valence-electron chi connectivity index (χ2n) is 6.30. The van der Waals surface area contributed by atoms with Crippen molar-refractivity contribution < 1.29 is 4.74 Å². The van der Waals surface area contributed by atoms with Gasteiger partial charge in [-0.1, -0.05) is 42.5 Å². The van der Waals surface area contributed by atoms with E-state index in [2.05, 4.69) is 27.7 Å². The van der Waals surface area contributed by atoms with E-state index in [4.69, 9.17) is 9.72 Å². The summed E-state index contributed by atoms with van der Waals surface area (Å²) in [4.78, 5) is 17.8. The molecule has 0 amide bonds. The Labute approximate surface area is 181 Å². The molecule has 0 aliphatic rings. The Bertz CT molecular complexity index is 1250. The maximum atomic E-state index is 13.1. The fraction of sp³-hybridized carbons (Fsp3) is 0.0870. The summed E-state index contributed by atoms with van der Waals surface area (Å²) in [5, 5.41) is 5.02. The molecule has 1 aromatic heterocycles. The number of halogens is 1. The molecule has 0 bridgehead atoms. The minimum absolute atomic E-state index is 0.202. The average Bonchev–Trinajstić information content (AvgIpc) is 2.75. The predicted octanol–water partition coefficient (Wildman–Crippen LogP) is 4.95. The van der Waals surface area contributed by atoms with Gasteiger partial charge in [0.2, 0.25) is 0 Å². The van der Waals surface area contributed by atoms with Crippen molar-refractivity contribution in [2.75, 3.05) is 6.61 Å². The molecule has 0 aliphatic carbocycles. The zero-order chi connectivity index (χ0) is 20.2. The zero-order valence-corrected chi connectivity index (χ0v) is 17.9. The van der Waals surface area contributed by atoms with Gasteiger partial charge < -0.3 is 4.74 Å². The first-order chi connectivity index (χ1) is 14.2. The van der Waals surface area contributed by atoms with E-state index in [1.807, 2.05) is 73.7 Å². The summed E-state index contributed by atoms with van der Waals surface area (Å²) in [6.07, 6.45) is 1.67. The highest BCUT2D eigenvalue weighted by Gasteiger charge is 2.12. The van der Waals surface area contributed by atoms with E-state index < -0.39 is 0 Å². The summed E-state index contributed by atoms with van der Waals surface area (Å²) in [5.41, 5.74) is 2.15. The molecule has 0 radical (unpaired) electrons. The summed E-state index contributed by atoms with van der Waals surface area (Å²) in [7, 11) is 0. The molecule has 0 atom stereocenters. The molecule has 1 heterocycles. The van der Waals surface area contributed by atoms with Crippen molar-refractivity contribution in [1.82, 2.24) is 9.66 Å². The maximum absolute atomic E-state index is 13.1. The normalized spacial score (nSPS) is 11.2. The summed E-state index contributed by atoms with van der Waals surface area (Å²) in [6, 6.07) is 22.7. The molecule has 0 aliphatic heterocycles. The van der Waals surface area contributed by atoms with Crippen molar-refractivity contribution in [2.24, 2.45) is 5.10 Å². The lowest BCUT2D eigenvalue weighted by Gasteiger charge is -2.09. The molecular formula is C23H18IN3O2. The van der Waals surface area contributed by atoms with E-state index in [0.717, 1.165) is 20.4 Å². The standard InChI is InChI=1S/C23H18IN3O2/c1-2-29-21-13-12-16(14-19(21)24)15-25-27-22(17-8-4-3-5-9-17)26-20-11-7-6-10-18(20)23(27)28/h3-15H,2H2,1H3. The first kappa shape index (κ1) is 19.3. The number of hydrogen-bond donors (Lipinski definition) is 0. The molecule has 5 nitrogen and oxygen atoms in total. The third-order valence-electron chi connectivity index (χ3n) is 4.36. The van der Waals surface area contributed by atoms with Gasteiger partial charge in [0.25, 0.3) is 5.56 Å². The van der Waals surface area contributed by atoms with Crippen molar-refractivity contribution in [3.05, 3.63) is 92.3 Å². The monoisotopic (exact) mass is 495 g/mol. The molecule has 3 aromatic carbocycles. The molecule has 4 aromatic rings. The van der Waals surface area contributed by atoms with Crippen molar-refractivity contribution in [3.63, 3.8) is 0 Å². The van der Waals surface area contributed by atoms with Crippen LogP contribution in [0.3, 0.4) is 0 Å². The van der Waals surface area contributed by atoms with Gasteiger partial charge in [0.15, 0.2) is 5.82 Å². The number of rotatable bonds is 5. The molecule has 144 valence electrons. The molecule has 0 saturated carbocycles. The van der Waals surface area contributed by atoms with Crippen LogP contribution < -0.4 is 10.3 Å². The van der Waals surface area contributed by atoms with Gasteiger partial charge in [-0.15, -0.1) is 0 Å². The Kier molecular flexibility index (Phi) is 5.71. The fourth-order valence-corrected chi connectivity index (χ4v) is 3.69. The Morgan fingerprint density at radius 2 is 1.83 bits per heavy atom. The Morgan fingerprint density at radius 1 is 1.07 bits per heavy atom. The number of benzene rings is 3. The molecule has 0 fully saturated rings. The molecule has 6 heteroatoms. The SMILES string of the molecule is CCOc1ccc(C=Nn2c(-c3ccccc3)nc3ccccc3c2=O)cc1I. The lowest BCUT2D eigenvalue weighted by atomic mass is 10.2. The van der Waals surface area contributed by atoms with Crippen molar-refractivity contribution in [3.8, 4) is 17.1 Å². The van der Waals surface area contributed by atoms with Crippen LogP contribution >= 0.6 is 22.6 Å². The van der Waals surface area contributed by atoms with E-state index in [9.17, 15) is 4.79 Å². The Balaban J connectivity index is 1.84. The van der Waals surface area contributed by atoms with Crippen LogP contribution in [0.15, 0.2) is 82.7 Å². The third-order valence-corrected chi connectivity index (χ3v) is 5.21. The van der Waals surface area contributed by atoms with Crippen molar-refractivity contribution >= 4 is 39.7 Å². The van der Waals surface area contributed by atoms with E-state index in [0.29, 0.717) is 23.3 Å². The van der Waals surface area contributed by atoms with Gasteiger partial charge in [0, 0.05) is 5.56 Å². The van der Waals surface area contributed by atoms with Crippen LogP contribution in [-0.2, 0) is 0 Å². The van der Waals surface area contributed by atoms with Crippen LogP contribution in [0.2, 0.25) is 0 Å². The topological polar surface area (TPSA) is 56.5 Å². The summed E-state index contributed by atoms with van der Waals surface area (Å²) < 4.78 is 7.93. The second-order valence-corrected chi connectivity index (χ2v) is 7.47. The summed E-state index contributed by atoms with van der Waals surface area (Å²) in [5.74, 6) is 1.34. The number of para-hydroxylation sites is 1. The van der Waals surface area contributed by atoms with E-state index in [-0.39, 0.29) is 5.56 Å². The van der Waals surface area contributed by atoms with Crippen LogP contribution in [0, 0.1) is 3.57 Å². The molecular weight excluding hydrogens is 477 g/mol. The lowest BCUT2D eigenvalue weighted by Crippen LogP contribution is -2.20. The van der Waals surface area contributed by atoms with Crippen LogP contribution in [0.1, 0.15) is 12.5 Å². The molecule has 0 saturated heterocycles. The van der Waals surface area contributed by atoms with Gasteiger partial charge in [-0.2, -0.15) is 9.78 Å². The van der Waals surface area contributed by atoms with Crippen LogP contribution in [0.5, 0.6) is 5.75 Å². The predicted molar refractivity (Wildman–Crippen MR) is 125 cm³/mol. The zero-order valence-electron chi connectivity index (χ0n) is 15.7.